The van der Waals surface area contributed by atoms with Crippen molar-refractivity contribution >= 4 is 35.1 Å². The van der Waals surface area contributed by atoms with Gasteiger partial charge in [0.15, 0.2) is 11.5 Å². The van der Waals surface area contributed by atoms with E-state index in [9.17, 15) is 18.4 Å². The Morgan fingerprint density at radius 2 is 1.97 bits per heavy atom. The van der Waals surface area contributed by atoms with Crippen LogP contribution in [-0.4, -0.2) is 42.9 Å². The molecule has 188 valence electrons. The maximum Gasteiger partial charge on any atom is 0.413 e. The molecule has 3 heterocycles. The lowest BCUT2D eigenvalue weighted by Crippen LogP contribution is -2.38. The topological polar surface area (TPSA) is 124 Å². The molecule has 2 N–H and O–H groups in total. The van der Waals surface area contributed by atoms with Gasteiger partial charge in [0.05, 0.1) is 17.6 Å². The van der Waals surface area contributed by atoms with Crippen LogP contribution in [0.2, 0.25) is 5.15 Å². The number of nitrogens with one attached hydrogen (secondary N) is 2. The molecule has 2 fully saturated rings. The molecule has 0 unspecified atom stereocenters. The molecule has 2 amide bonds. The molecule has 3 aromatic heterocycles. The summed E-state index contributed by atoms with van der Waals surface area (Å²) in [6.07, 6.45) is 1.83. The molecule has 0 bridgehead atoms. The van der Waals surface area contributed by atoms with Crippen molar-refractivity contribution < 1.29 is 23.1 Å². The number of alkyl halides is 2. The molecule has 2 aliphatic carbocycles. The Labute approximate surface area is 209 Å². The lowest BCUT2D eigenvalue weighted by molar-refractivity contribution is -0.126. The van der Waals surface area contributed by atoms with Gasteiger partial charge in [0.1, 0.15) is 11.3 Å². The average Bonchev–Trinajstić information content (AvgIpc) is 3.23. The van der Waals surface area contributed by atoms with Gasteiger partial charge in [0.2, 0.25) is 5.91 Å². The fourth-order valence-electron chi connectivity index (χ4n) is 4.47. The van der Waals surface area contributed by atoms with Gasteiger partial charge in [-0.1, -0.05) is 22.9 Å². The molecule has 0 aromatic carbocycles. The number of pyridine rings is 2. The van der Waals surface area contributed by atoms with Crippen LogP contribution in [0.4, 0.5) is 25.1 Å². The molecule has 1 spiro atoms. The number of hydrogen-bond acceptors (Lipinski definition) is 7. The van der Waals surface area contributed by atoms with Crippen LogP contribution in [0, 0.1) is 11.3 Å². The summed E-state index contributed by atoms with van der Waals surface area (Å²) >= 11 is 6.06. The van der Waals surface area contributed by atoms with Crippen LogP contribution < -0.4 is 10.6 Å². The highest BCUT2D eigenvalue weighted by atomic mass is 35.5. The predicted molar refractivity (Wildman–Crippen MR) is 125 cm³/mol. The number of aromatic nitrogens is 5. The molecule has 0 saturated heterocycles. The summed E-state index contributed by atoms with van der Waals surface area (Å²) in [6.45, 7) is 1.67. The van der Waals surface area contributed by atoms with Gasteiger partial charge in [-0.25, -0.2) is 23.2 Å². The van der Waals surface area contributed by atoms with Crippen LogP contribution >= 0.6 is 11.6 Å². The van der Waals surface area contributed by atoms with Crippen molar-refractivity contribution in [3.8, 4) is 11.4 Å². The molecule has 0 radical (unpaired) electrons. The van der Waals surface area contributed by atoms with Gasteiger partial charge >= 0.3 is 6.09 Å². The Kier molecular flexibility index (Phi) is 5.86. The normalized spacial score (nSPS) is 22.4. The number of aryl methyl sites for hydroxylation is 1. The van der Waals surface area contributed by atoms with E-state index in [4.69, 9.17) is 16.3 Å². The lowest BCUT2D eigenvalue weighted by atomic mass is 9.71. The van der Waals surface area contributed by atoms with E-state index in [2.05, 4.69) is 30.9 Å². The van der Waals surface area contributed by atoms with E-state index < -0.39 is 29.5 Å². The number of rotatable bonds is 6. The number of nitrogens with zero attached hydrogens (tertiary/aromatic N) is 5. The van der Waals surface area contributed by atoms with Crippen molar-refractivity contribution in [2.75, 3.05) is 10.6 Å². The molecular weight excluding hydrogens is 496 g/mol. The minimum absolute atomic E-state index is 0.127. The van der Waals surface area contributed by atoms with Gasteiger partial charge in [-0.15, -0.1) is 5.10 Å². The van der Waals surface area contributed by atoms with Crippen LogP contribution in [0.15, 0.2) is 36.7 Å². The second-order valence-corrected chi connectivity index (χ2v) is 9.51. The number of carbonyl (C=O) groups excluding carboxylic acids is 2. The zero-order chi connectivity index (χ0) is 25.7. The number of halogens is 3. The van der Waals surface area contributed by atoms with Crippen molar-refractivity contribution in [1.82, 2.24) is 25.0 Å². The zero-order valence-corrected chi connectivity index (χ0v) is 20.1. The van der Waals surface area contributed by atoms with Crippen molar-refractivity contribution in [1.29, 1.82) is 0 Å². The summed E-state index contributed by atoms with van der Waals surface area (Å²) in [4.78, 5) is 33.2. The minimum atomic E-state index is -2.63. The molecule has 13 heteroatoms. The Bertz CT molecular complexity index is 1330. The number of carbonyl (C=O) groups is 2. The molecule has 36 heavy (non-hydrogen) atoms. The van der Waals surface area contributed by atoms with Crippen LogP contribution in [0.25, 0.3) is 11.4 Å². The Morgan fingerprint density at radius 3 is 2.61 bits per heavy atom. The van der Waals surface area contributed by atoms with Gasteiger partial charge in [-0.3, -0.25) is 15.1 Å². The Hall–Kier alpha value is -3.67. The lowest BCUT2D eigenvalue weighted by Gasteiger charge is -2.34. The smallest absolute Gasteiger partial charge is 0.413 e. The number of hydrogen-bond donors (Lipinski definition) is 2. The van der Waals surface area contributed by atoms with E-state index in [1.807, 2.05) is 0 Å². The first-order valence-corrected chi connectivity index (χ1v) is 11.6. The molecule has 3 aromatic rings. The fourth-order valence-corrected chi connectivity index (χ4v) is 4.74. The molecular formula is C23H22ClF2N7O3. The van der Waals surface area contributed by atoms with Gasteiger partial charge in [0.25, 0.3) is 5.92 Å². The summed E-state index contributed by atoms with van der Waals surface area (Å²) in [5, 5.41) is 13.6. The maximum atomic E-state index is 13.4. The molecule has 0 aliphatic heterocycles. The summed E-state index contributed by atoms with van der Waals surface area (Å²) in [5.41, 5.74) is 0.693. The number of amides is 2. The first-order valence-electron chi connectivity index (χ1n) is 11.2. The van der Waals surface area contributed by atoms with Crippen molar-refractivity contribution in [3.05, 3.63) is 47.4 Å². The quantitative estimate of drug-likeness (QED) is 0.457. The first-order chi connectivity index (χ1) is 17.1. The van der Waals surface area contributed by atoms with Crippen molar-refractivity contribution in [2.24, 2.45) is 18.4 Å². The monoisotopic (exact) mass is 517 g/mol. The highest BCUT2D eigenvalue weighted by Gasteiger charge is 2.76. The van der Waals surface area contributed by atoms with Gasteiger partial charge < -0.3 is 10.1 Å². The van der Waals surface area contributed by atoms with Gasteiger partial charge in [-0.2, -0.15) is 0 Å². The molecule has 1 atom stereocenters. The third-order valence-electron chi connectivity index (χ3n) is 6.69. The highest BCUT2D eigenvalue weighted by Crippen LogP contribution is 2.72. The van der Waals surface area contributed by atoms with Crippen LogP contribution in [0.3, 0.4) is 0 Å². The second kappa shape index (κ2) is 8.77. The summed E-state index contributed by atoms with van der Waals surface area (Å²) in [5.74, 6) is -3.11. The van der Waals surface area contributed by atoms with E-state index in [0.717, 1.165) is 0 Å². The summed E-state index contributed by atoms with van der Waals surface area (Å²) in [7, 11) is 1.59. The van der Waals surface area contributed by atoms with E-state index >= 15 is 0 Å². The fraction of sp³-hybridized carbons (Fsp3) is 0.391. The minimum Gasteiger partial charge on any atom is -0.441 e. The van der Waals surface area contributed by atoms with Crippen molar-refractivity contribution in [3.63, 3.8) is 0 Å². The van der Waals surface area contributed by atoms with Gasteiger partial charge in [0, 0.05) is 36.6 Å². The van der Waals surface area contributed by atoms with E-state index in [1.54, 1.807) is 38.2 Å². The zero-order valence-electron chi connectivity index (χ0n) is 19.3. The summed E-state index contributed by atoms with van der Waals surface area (Å²) in [6, 6.07) is 6.61. The first kappa shape index (κ1) is 24.0. The standard InChI is InChI=1S/C23H22ClF2N7O3/c1-12(15-4-3-7-27-18(15)24)36-21(35)30-19-17(31-32-33(19)2)16-6-5-14(10-28-16)29-20(34)13-8-22(9-13)11-23(22,25)26/h3-7,10,12-13H,8-9,11H2,1-2H3,(H,29,34)(H,30,35)/t12-,13?,22?/m1/s1. The van der Waals surface area contributed by atoms with Crippen LogP contribution in [-0.2, 0) is 16.6 Å². The van der Waals surface area contributed by atoms with Gasteiger partial charge in [-0.05, 0) is 38.0 Å². The summed E-state index contributed by atoms with van der Waals surface area (Å²) < 4.78 is 33.5. The predicted octanol–water partition coefficient (Wildman–Crippen LogP) is 4.61. The molecule has 2 aliphatic rings. The van der Waals surface area contributed by atoms with E-state index in [-0.39, 0.29) is 41.8 Å². The number of ether oxygens (including phenoxy) is 1. The largest absolute Gasteiger partial charge is 0.441 e. The van der Waals surface area contributed by atoms with Crippen LogP contribution in [0.1, 0.15) is 37.9 Å². The third kappa shape index (κ3) is 4.36. The van der Waals surface area contributed by atoms with Crippen LogP contribution in [0.5, 0.6) is 0 Å². The average molecular weight is 518 g/mol. The second-order valence-electron chi connectivity index (χ2n) is 9.15. The van der Waals surface area contributed by atoms with E-state index in [0.29, 0.717) is 16.9 Å². The molecule has 10 nitrogen and oxygen atoms in total. The van der Waals surface area contributed by atoms with Crippen molar-refractivity contribution in [2.45, 2.75) is 38.2 Å². The SMILES string of the molecule is C[C@@H](OC(=O)Nc1c(-c2ccc(NC(=O)C3CC4(C3)CC4(F)F)cn2)nnn1C)c1cccnc1Cl. The Balaban J connectivity index is 1.21. The third-order valence-corrected chi connectivity index (χ3v) is 7.00. The maximum absolute atomic E-state index is 13.4. The number of anilines is 2. The van der Waals surface area contributed by atoms with E-state index in [1.165, 1.54) is 17.1 Å². The molecule has 2 saturated carbocycles. The highest BCUT2D eigenvalue weighted by molar-refractivity contribution is 6.30. The molecule has 5 rings (SSSR count). The Morgan fingerprint density at radius 1 is 1.22 bits per heavy atom.